The highest BCUT2D eigenvalue weighted by molar-refractivity contribution is 5.97. The molecule has 0 aliphatic heterocycles. The quantitative estimate of drug-likeness (QED) is 0.822. The standard InChI is InChI=1S/C13H16N2O4/c1-13(12(18)19,9-3-4-9)14-11(17)8-5-6-15(2)10(16)7-8/h5-7,9H,3-4H2,1-2H3,(H,14,17)(H,18,19). The largest absolute Gasteiger partial charge is 0.480 e. The Morgan fingerprint density at radius 3 is 2.58 bits per heavy atom. The molecule has 1 unspecified atom stereocenters. The monoisotopic (exact) mass is 264 g/mol. The zero-order valence-electron chi connectivity index (χ0n) is 10.8. The van der Waals surface area contributed by atoms with Crippen LogP contribution in [0.2, 0.25) is 0 Å². The topological polar surface area (TPSA) is 88.4 Å². The summed E-state index contributed by atoms with van der Waals surface area (Å²) in [6.45, 7) is 1.51. The molecule has 0 radical (unpaired) electrons. The van der Waals surface area contributed by atoms with Gasteiger partial charge in [-0.3, -0.25) is 9.59 Å². The first-order valence-corrected chi connectivity index (χ1v) is 6.07. The normalized spacial score (nSPS) is 17.6. The molecular formula is C13H16N2O4. The van der Waals surface area contributed by atoms with Gasteiger partial charge >= 0.3 is 5.97 Å². The Labute approximate surface area is 110 Å². The van der Waals surface area contributed by atoms with Crippen molar-refractivity contribution in [1.29, 1.82) is 0 Å². The Morgan fingerprint density at radius 1 is 1.47 bits per heavy atom. The summed E-state index contributed by atoms with van der Waals surface area (Å²) in [6, 6.07) is 2.69. The maximum absolute atomic E-state index is 12.0. The summed E-state index contributed by atoms with van der Waals surface area (Å²) in [4.78, 5) is 34.8. The van der Waals surface area contributed by atoms with Gasteiger partial charge in [-0.25, -0.2) is 4.79 Å². The van der Waals surface area contributed by atoms with Gasteiger partial charge in [0, 0.05) is 24.9 Å². The number of amides is 1. The van der Waals surface area contributed by atoms with Crippen molar-refractivity contribution in [3.05, 3.63) is 34.2 Å². The molecule has 0 saturated heterocycles. The molecule has 1 aliphatic rings. The molecule has 0 spiro atoms. The summed E-state index contributed by atoms with van der Waals surface area (Å²) in [5.41, 5.74) is -1.40. The van der Waals surface area contributed by atoms with Crippen LogP contribution in [0.1, 0.15) is 30.1 Å². The predicted molar refractivity (Wildman–Crippen MR) is 67.9 cm³/mol. The zero-order chi connectivity index (χ0) is 14.2. The van der Waals surface area contributed by atoms with Gasteiger partial charge in [0.15, 0.2) is 0 Å². The number of aliphatic carboxylic acids is 1. The van der Waals surface area contributed by atoms with E-state index in [9.17, 15) is 19.5 Å². The SMILES string of the molecule is Cn1ccc(C(=O)NC(C)(C(=O)O)C2CC2)cc1=O. The van der Waals surface area contributed by atoms with Crippen LogP contribution in [0, 0.1) is 5.92 Å². The van der Waals surface area contributed by atoms with Gasteiger partial charge in [0.1, 0.15) is 5.54 Å². The van der Waals surface area contributed by atoms with E-state index in [0.29, 0.717) is 0 Å². The average Bonchev–Trinajstić information content (AvgIpc) is 3.16. The molecule has 1 aliphatic carbocycles. The van der Waals surface area contributed by atoms with Crippen LogP contribution in [0.4, 0.5) is 0 Å². The van der Waals surface area contributed by atoms with E-state index in [1.165, 1.54) is 29.8 Å². The second-order valence-corrected chi connectivity index (χ2v) is 5.10. The lowest BCUT2D eigenvalue weighted by Gasteiger charge is -2.26. The molecule has 2 N–H and O–H groups in total. The van der Waals surface area contributed by atoms with Crippen molar-refractivity contribution in [3.63, 3.8) is 0 Å². The zero-order valence-corrected chi connectivity index (χ0v) is 10.8. The summed E-state index contributed by atoms with van der Waals surface area (Å²) in [5.74, 6) is -1.62. The van der Waals surface area contributed by atoms with Gasteiger partial charge in [0.2, 0.25) is 0 Å². The molecule has 1 saturated carbocycles. The minimum Gasteiger partial charge on any atom is -0.480 e. The van der Waals surface area contributed by atoms with Crippen molar-refractivity contribution in [3.8, 4) is 0 Å². The highest BCUT2D eigenvalue weighted by Gasteiger charge is 2.48. The number of hydrogen-bond acceptors (Lipinski definition) is 3. The molecule has 1 atom stereocenters. The van der Waals surface area contributed by atoms with E-state index in [0.717, 1.165) is 12.8 Å². The third-order valence-corrected chi connectivity index (χ3v) is 3.58. The summed E-state index contributed by atoms with van der Waals surface area (Å²) < 4.78 is 1.34. The fourth-order valence-electron chi connectivity index (χ4n) is 1.99. The fourth-order valence-corrected chi connectivity index (χ4v) is 1.99. The first-order chi connectivity index (χ1) is 8.84. The number of aryl methyl sites for hydroxylation is 1. The summed E-state index contributed by atoms with van der Waals surface area (Å²) in [7, 11) is 1.58. The van der Waals surface area contributed by atoms with E-state index in [4.69, 9.17) is 0 Å². The average molecular weight is 264 g/mol. The molecule has 1 amide bonds. The number of carbonyl (C=O) groups excluding carboxylic acids is 1. The van der Waals surface area contributed by atoms with Crippen molar-refractivity contribution in [2.45, 2.75) is 25.3 Å². The molecule has 19 heavy (non-hydrogen) atoms. The lowest BCUT2D eigenvalue weighted by Crippen LogP contribution is -2.54. The minimum atomic E-state index is -1.27. The molecule has 1 aromatic heterocycles. The van der Waals surface area contributed by atoms with Gasteiger partial charge < -0.3 is 15.0 Å². The first-order valence-electron chi connectivity index (χ1n) is 6.07. The van der Waals surface area contributed by atoms with Crippen LogP contribution in [0.3, 0.4) is 0 Å². The second kappa shape index (κ2) is 4.53. The molecule has 102 valence electrons. The van der Waals surface area contributed by atoms with Crippen LogP contribution in [0.5, 0.6) is 0 Å². The Bertz CT molecular complexity index is 589. The Hall–Kier alpha value is -2.11. The number of pyridine rings is 1. The van der Waals surface area contributed by atoms with E-state index < -0.39 is 17.4 Å². The van der Waals surface area contributed by atoms with Crippen LogP contribution >= 0.6 is 0 Å². The molecule has 0 aromatic carbocycles. The van der Waals surface area contributed by atoms with Crippen molar-refractivity contribution in [2.24, 2.45) is 13.0 Å². The van der Waals surface area contributed by atoms with Gasteiger partial charge in [-0.15, -0.1) is 0 Å². The maximum atomic E-state index is 12.0. The number of carbonyl (C=O) groups is 2. The van der Waals surface area contributed by atoms with E-state index in [1.54, 1.807) is 7.05 Å². The minimum absolute atomic E-state index is 0.0412. The summed E-state index contributed by atoms with van der Waals surface area (Å²) in [5, 5.41) is 11.8. The van der Waals surface area contributed by atoms with Crippen LogP contribution < -0.4 is 10.9 Å². The third-order valence-electron chi connectivity index (χ3n) is 3.58. The van der Waals surface area contributed by atoms with Gasteiger partial charge in [-0.2, -0.15) is 0 Å². The van der Waals surface area contributed by atoms with Gasteiger partial charge in [0.05, 0.1) is 0 Å². The van der Waals surface area contributed by atoms with E-state index in [1.807, 2.05) is 0 Å². The molecule has 1 aromatic rings. The van der Waals surface area contributed by atoms with Crippen LogP contribution in [0.25, 0.3) is 0 Å². The molecule has 2 rings (SSSR count). The maximum Gasteiger partial charge on any atom is 0.329 e. The number of nitrogens with zero attached hydrogens (tertiary/aromatic N) is 1. The predicted octanol–water partition coefficient (Wildman–Crippen LogP) is 0.368. The van der Waals surface area contributed by atoms with E-state index in [2.05, 4.69) is 5.32 Å². The van der Waals surface area contributed by atoms with Crippen LogP contribution in [-0.4, -0.2) is 27.1 Å². The van der Waals surface area contributed by atoms with Crippen LogP contribution in [0.15, 0.2) is 23.1 Å². The smallest absolute Gasteiger partial charge is 0.329 e. The Morgan fingerprint density at radius 2 is 2.11 bits per heavy atom. The summed E-state index contributed by atoms with van der Waals surface area (Å²) in [6.07, 6.45) is 3.06. The molecule has 1 fully saturated rings. The number of hydrogen-bond donors (Lipinski definition) is 2. The van der Waals surface area contributed by atoms with Crippen molar-refractivity contribution in [2.75, 3.05) is 0 Å². The second-order valence-electron chi connectivity index (χ2n) is 5.10. The van der Waals surface area contributed by atoms with Gasteiger partial charge in [0.25, 0.3) is 11.5 Å². The summed E-state index contributed by atoms with van der Waals surface area (Å²) >= 11 is 0. The first kappa shape index (κ1) is 13.3. The lowest BCUT2D eigenvalue weighted by atomic mass is 9.95. The number of nitrogens with one attached hydrogen (secondary N) is 1. The number of carboxylic acid groups (broad SMARTS) is 1. The molecular weight excluding hydrogens is 248 g/mol. The molecule has 6 nitrogen and oxygen atoms in total. The lowest BCUT2D eigenvalue weighted by molar-refractivity contribution is -0.144. The van der Waals surface area contributed by atoms with Crippen molar-refractivity contribution >= 4 is 11.9 Å². The molecule has 0 bridgehead atoms. The Kier molecular flexibility index (Phi) is 3.18. The highest BCUT2D eigenvalue weighted by Crippen LogP contribution is 2.39. The van der Waals surface area contributed by atoms with E-state index >= 15 is 0 Å². The van der Waals surface area contributed by atoms with Crippen LogP contribution in [-0.2, 0) is 11.8 Å². The highest BCUT2D eigenvalue weighted by atomic mass is 16.4. The van der Waals surface area contributed by atoms with Gasteiger partial charge in [-0.1, -0.05) is 0 Å². The number of carboxylic acids is 1. The number of aromatic nitrogens is 1. The number of rotatable bonds is 4. The molecule has 1 heterocycles. The van der Waals surface area contributed by atoms with E-state index in [-0.39, 0.29) is 17.0 Å². The fraction of sp³-hybridized carbons (Fsp3) is 0.462. The van der Waals surface area contributed by atoms with Gasteiger partial charge in [-0.05, 0) is 31.7 Å². The Balaban J connectivity index is 2.22. The van der Waals surface area contributed by atoms with Crippen molar-refractivity contribution < 1.29 is 14.7 Å². The van der Waals surface area contributed by atoms with Crippen molar-refractivity contribution in [1.82, 2.24) is 9.88 Å². The molecule has 6 heteroatoms. The third kappa shape index (κ3) is 2.52.